The number of anilines is 2. The van der Waals surface area contributed by atoms with Crippen molar-refractivity contribution in [1.82, 2.24) is 15.6 Å². The highest BCUT2D eigenvalue weighted by molar-refractivity contribution is 6.36. The molecule has 7 N–H and O–H groups in total. The number of carbonyl (C=O) groups is 3. The number of carbonyl (C=O) groups excluding carboxylic acids is 3. The maximum atomic E-state index is 12.6. The van der Waals surface area contributed by atoms with Gasteiger partial charge in [0.05, 0.1) is 5.57 Å². The molecule has 162 valence electrons. The summed E-state index contributed by atoms with van der Waals surface area (Å²) in [6, 6.07) is 6.40. The molecule has 0 saturated carbocycles. The average molecular weight is 422 g/mol. The van der Waals surface area contributed by atoms with Gasteiger partial charge in [0.25, 0.3) is 5.91 Å². The first-order valence-electron chi connectivity index (χ1n) is 10.3. The molecule has 0 unspecified atom stereocenters. The van der Waals surface area contributed by atoms with Crippen LogP contribution in [0.25, 0.3) is 11.1 Å². The molecular weight excluding hydrogens is 396 g/mol. The Bertz CT molecular complexity index is 1060. The molecule has 0 atom stereocenters. The molecule has 2 aliphatic rings. The third-order valence-electron chi connectivity index (χ3n) is 5.73. The minimum absolute atomic E-state index is 0.0606. The molecule has 1 fully saturated rings. The molecule has 1 aromatic carbocycles. The van der Waals surface area contributed by atoms with Crippen molar-refractivity contribution >= 4 is 40.4 Å². The van der Waals surface area contributed by atoms with Gasteiger partial charge in [0.1, 0.15) is 0 Å². The summed E-state index contributed by atoms with van der Waals surface area (Å²) in [6.07, 6.45) is 3.55. The van der Waals surface area contributed by atoms with Gasteiger partial charge in [-0.1, -0.05) is 0 Å². The zero-order chi connectivity index (χ0) is 22.0. The fourth-order valence-corrected chi connectivity index (χ4v) is 4.07. The zero-order valence-corrected chi connectivity index (χ0v) is 17.3. The molecule has 0 radical (unpaired) electrons. The number of nitrogens with one attached hydrogen (secondary N) is 5. The van der Waals surface area contributed by atoms with E-state index >= 15 is 0 Å². The lowest BCUT2D eigenvalue weighted by Gasteiger charge is -2.21. The van der Waals surface area contributed by atoms with Gasteiger partial charge in [-0.15, -0.1) is 0 Å². The van der Waals surface area contributed by atoms with Crippen LogP contribution in [-0.2, 0) is 16.1 Å². The van der Waals surface area contributed by atoms with Gasteiger partial charge in [0.15, 0.2) is 0 Å². The van der Waals surface area contributed by atoms with E-state index in [9.17, 15) is 14.4 Å². The second kappa shape index (κ2) is 8.65. The largest absolute Gasteiger partial charge is 0.361 e. The van der Waals surface area contributed by atoms with Crippen LogP contribution in [0.5, 0.6) is 0 Å². The second-order valence-corrected chi connectivity index (χ2v) is 7.87. The molecule has 0 bridgehead atoms. The third-order valence-corrected chi connectivity index (χ3v) is 5.73. The van der Waals surface area contributed by atoms with E-state index in [4.69, 9.17) is 5.73 Å². The van der Waals surface area contributed by atoms with E-state index in [0.717, 1.165) is 42.8 Å². The van der Waals surface area contributed by atoms with E-state index in [1.165, 1.54) is 0 Å². The standard InChI is InChI=1S/C22H26N6O3/c1-12(19-16-9-15(27-22(23)31)2-3-17(16)28-21(19)30)18-8-13(10-25-18)11-26-20(29)14-4-6-24-7-5-14/h2-3,8-10,14,24-25H,4-7,11H2,1H3,(H,26,29)(H,28,30)(H3,23,27,31). The van der Waals surface area contributed by atoms with Gasteiger partial charge in [-0.05, 0) is 68.3 Å². The highest BCUT2D eigenvalue weighted by Gasteiger charge is 2.27. The van der Waals surface area contributed by atoms with E-state index in [1.54, 1.807) is 18.2 Å². The highest BCUT2D eigenvalue weighted by atomic mass is 16.2. The molecule has 31 heavy (non-hydrogen) atoms. The Hall–Kier alpha value is -3.59. The van der Waals surface area contributed by atoms with Crippen LogP contribution in [0.2, 0.25) is 0 Å². The number of rotatable bonds is 5. The number of hydrogen-bond acceptors (Lipinski definition) is 4. The third kappa shape index (κ3) is 4.46. The fraction of sp³-hybridized carbons (Fsp3) is 0.318. The topological polar surface area (TPSA) is 141 Å². The SMILES string of the molecule is CC(=C1C(=O)Nc2ccc(NC(N)=O)cc21)c1cc(CNC(=O)C2CCNCC2)c[nH]1. The Morgan fingerprint density at radius 3 is 2.71 bits per heavy atom. The maximum Gasteiger partial charge on any atom is 0.316 e. The van der Waals surface area contributed by atoms with Crippen molar-refractivity contribution in [3.05, 3.63) is 47.3 Å². The van der Waals surface area contributed by atoms with Crippen molar-refractivity contribution < 1.29 is 14.4 Å². The number of allylic oxidation sites excluding steroid dienone is 1. The number of piperidine rings is 1. The van der Waals surface area contributed by atoms with Crippen LogP contribution < -0.4 is 27.0 Å². The molecule has 0 spiro atoms. The maximum absolute atomic E-state index is 12.6. The first-order valence-corrected chi connectivity index (χ1v) is 10.3. The van der Waals surface area contributed by atoms with E-state index in [1.807, 2.05) is 19.2 Å². The van der Waals surface area contributed by atoms with Crippen LogP contribution in [0, 0.1) is 5.92 Å². The lowest BCUT2D eigenvalue weighted by atomic mass is 9.97. The van der Waals surface area contributed by atoms with Crippen molar-refractivity contribution in [3.63, 3.8) is 0 Å². The quantitative estimate of drug-likeness (QED) is 0.410. The van der Waals surface area contributed by atoms with Gasteiger partial charge in [0.2, 0.25) is 5.91 Å². The predicted molar refractivity (Wildman–Crippen MR) is 119 cm³/mol. The molecule has 9 heteroatoms. The summed E-state index contributed by atoms with van der Waals surface area (Å²) in [5.41, 5.74) is 10.1. The van der Waals surface area contributed by atoms with Crippen LogP contribution in [0.15, 0.2) is 30.5 Å². The Kier molecular flexibility index (Phi) is 5.77. The zero-order valence-electron chi connectivity index (χ0n) is 17.3. The molecule has 9 nitrogen and oxygen atoms in total. The molecule has 0 aliphatic carbocycles. The van der Waals surface area contributed by atoms with Crippen molar-refractivity contribution in [2.75, 3.05) is 23.7 Å². The average Bonchev–Trinajstić information content (AvgIpc) is 3.35. The fourth-order valence-electron chi connectivity index (χ4n) is 4.07. The highest BCUT2D eigenvalue weighted by Crippen LogP contribution is 2.38. The summed E-state index contributed by atoms with van der Waals surface area (Å²) in [5.74, 6) is -0.0672. The number of H-pyrrole nitrogens is 1. The number of nitrogens with two attached hydrogens (primary N) is 1. The molecule has 4 rings (SSSR count). The van der Waals surface area contributed by atoms with Crippen molar-refractivity contribution in [2.24, 2.45) is 11.7 Å². The first kappa shape index (κ1) is 20.7. The molecular formula is C22H26N6O3. The molecule has 2 aromatic rings. The molecule has 4 amide bonds. The lowest BCUT2D eigenvalue weighted by molar-refractivity contribution is -0.125. The Labute approximate surface area is 179 Å². The summed E-state index contributed by atoms with van der Waals surface area (Å²) in [5, 5.41) is 11.6. The van der Waals surface area contributed by atoms with E-state index < -0.39 is 6.03 Å². The minimum Gasteiger partial charge on any atom is -0.361 e. The van der Waals surface area contributed by atoms with Crippen molar-refractivity contribution in [2.45, 2.75) is 26.3 Å². The summed E-state index contributed by atoms with van der Waals surface area (Å²) >= 11 is 0. The molecule has 2 aliphatic heterocycles. The number of urea groups is 1. The Morgan fingerprint density at radius 2 is 1.97 bits per heavy atom. The molecule has 1 aromatic heterocycles. The lowest BCUT2D eigenvalue weighted by Crippen LogP contribution is -2.37. The summed E-state index contributed by atoms with van der Waals surface area (Å²) in [7, 11) is 0. The summed E-state index contributed by atoms with van der Waals surface area (Å²) in [6.45, 7) is 4.04. The number of aromatic nitrogens is 1. The monoisotopic (exact) mass is 422 g/mol. The van der Waals surface area contributed by atoms with Crippen molar-refractivity contribution in [1.29, 1.82) is 0 Å². The number of benzene rings is 1. The predicted octanol–water partition coefficient (Wildman–Crippen LogP) is 2.00. The Morgan fingerprint density at radius 1 is 1.19 bits per heavy atom. The van der Waals surface area contributed by atoms with Gasteiger partial charge < -0.3 is 32.0 Å². The summed E-state index contributed by atoms with van der Waals surface area (Å²) in [4.78, 5) is 39.3. The van der Waals surface area contributed by atoms with Crippen LogP contribution in [-0.4, -0.2) is 35.9 Å². The number of amides is 4. The Balaban J connectivity index is 1.51. The number of aromatic amines is 1. The van der Waals surface area contributed by atoms with Gasteiger partial charge in [-0.25, -0.2) is 4.79 Å². The van der Waals surface area contributed by atoms with E-state index in [2.05, 4.69) is 26.3 Å². The van der Waals surface area contributed by atoms with Crippen LogP contribution in [0.4, 0.5) is 16.2 Å². The van der Waals surface area contributed by atoms with E-state index in [-0.39, 0.29) is 17.7 Å². The first-order chi connectivity index (χ1) is 14.9. The van der Waals surface area contributed by atoms with E-state index in [0.29, 0.717) is 29.1 Å². The van der Waals surface area contributed by atoms with Crippen molar-refractivity contribution in [3.8, 4) is 0 Å². The smallest absolute Gasteiger partial charge is 0.316 e. The van der Waals surface area contributed by atoms with Crippen LogP contribution in [0.1, 0.15) is 36.6 Å². The second-order valence-electron chi connectivity index (χ2n) is 7.87. The minimum atomic E-state index is -0.667. The van der Waals surface area contributed by atoms with Gasteiger partial charge in [0, 0.05) is 41.3 Å². The number of primary amides is 1. The van der Waals surface area contributed by atoms with Gasteiger partial charge >= 0.3 is 6.03 Å². The molecule has 1 saturated heterocycles. The number of fused-ring (bicyclic) bond motifs is 1. The van der Waals surface area contributed by atoms with Gasteiger partial charge in [-0.2, -0.15) is 0 Å². The van der Waals surface area contributed by atoms with Crippen LogP contribution >= 0.6 is 0 Å². The summed E-state index contributed by atoms with van der Waals surface area (Å²) < 4.78 is 0. The normalized spacial score (nSPS) is 17.6. The van der Waals surface area contributed by atoms with Gasteiger partial charge in [-0.3, -0.25) is 9.59 Å². The molecule has 3 heterocycles. The van der Waals surface area contributed by atoms with Crippen LogP contribution in [0.3, 0.4) is 0 Å². The number of hydrogen-bond donors (Lipinski definition) is 6.